The fourth-order valence-electron chi connectivity index (χ4n) is 5.22. The third-order valence-electron chi connectivity index (χ3n) is 7.42. The summed E-state index contributed by atoms with van der Waals surface area (Å²) in [6.07, 6.45) is 4.63. The predicted octanol–water partition coefficient (Wildman–Crippen LogP) is 3.57. The van der Waals surface area contributed by atoms with Crippen LogP contribution in [0.25, 0.3) is 11.0 Å². The van der Waals surface area contributed by atoms with Gasteiger partial charge in [-0.1, -0.05) is 43.2 Å². The van der Waals surface area contributed by atoms with Crippen molar-refractivity contribution in [1.82, 2.24) is 15.3 Å². The molecule has 1 amide bonds. The molecule has 1 aromatic heterocycles. The number of aliphatic hydroxyl groups excluding tert-OH is 1. The number of aliphatic hydroxyl groups is 1. The lowest BCUT2D eigenvalue weighted by Gasteiger charge is -2.29. The quantitative estimate of drug-likeness (QED) is 0.355. The molecule has 2 aliphatic rings. The second kappa shape index (κ2) is 13.0. The summed E-state index contributed by atoms with van der Waals surface area (Å²) in [5, 5.41) is 14.2. The number of nitrogens with zero attached hydrogens (tertiary/aromatic N) is 2. The molecule has 10 nitrogen and oxygen atoms in total. The number of sulfone groups is 1. The molecule has 2 fully saturated rings. The summed E-state index contributed by atoms with van der Waals surface area (Å²) in [6.45, 7) is 0.845. The first kappa shape index (κ1) is 28.4. The summed E-state index contributed by atoms with van der Waals surface area (Å²) in [5.74, 6) is 0. The van der Waals surface area contributed by atoms with Crippen molar-refractivity contribution >= 4 is 27.0 Å². The van der Waals surface area contributed by atoms with E-state index < -0.39 is 33.5 Å². The average Bonchev–Trinajstić information content (AvgIpc) is 3.67. The zero-order valence-electron chi connectivity index (χ0n) is 22.2. The summed E-state index contributed by atoms with van der Waals surface area (Å²) in [7, 11) is -4.04. The van der Waals surface area contributed by atoms with Crippen LogP contribution < -0.4 is 5.32 Å². The minimum Gasteiger partial charge on any atom is -0.444 e. The van der Waals surface area contributed by atoms with E-state index in [0.29, 0.717) is 30.7 Å². The molecule has 1 saturated carbocycles. The molecule has 2 N–H and O–H groups in total. The minimum absolute atomic E-state index is 0.0453. The summed E-state index contributed by atoms with van der Waals surface area (Å²) >= 11 is 0. The molecule has 2 aromatic carbocycles. The monoisotopic (exact) mass is 569 g/mol. The Labute approximate surface area is 234 Å². The number of hydrogen-bond donors (Lipinski definition) is 2. The first-order chi connectivity index (χ1) is 19.4. The van der Waals surface area contributed by atoms with E-state index >= 15 is 0 Å². The third kappa shape index (κ3) is 7.14. The first-order valence-corrected chi connectivity index (χ1v) is 15.3. The summed E-state index contributed by atoms with van der Waals surface area (Å²) < 4.78 is 44.8. The SMILES string of the molecule is O=C(N[C@@H](Cc1ccccc1)[C@@H](O)CC(OC1CCCC1)S(=O)(=O)c1ccc2nccnc2c1)O[C@H]1CCOC1. The number of aromatic nitrogens is 2. The van der Waals surface area contributed by atoms with Gasteiger partial charge in [-0.3, -0.25) is 9.97 Å². The number of nitrogens with one attached hydrogen (secondary N) is 1. The maximum absolute atomic E-state index is 13.9. The van der Waals surface area contributed by atoms with E-state index in [0.717, 1.165) is 31.2 Å². The van der Waals surface area contributed by atoms with Crippen LogP contribution in [0.4, 0.5) is 4.79 Å². The van der Waals surface area contributed by atoms with Gasteiger partial charge in [-0.25, -0.2) is 13.2 Å². The highest BCUT2D eigenvalue weighted by Crippen LogP contribution is 2.30. The molecule has 3 aromatic rings. The zero-order valence-corrected chi connectivity index (χ0v) is 23.0. The number of ether oxygens (including phenoxy) is 3. The van der Waals surface area contributed by atoms with Gasteiger partial charge in [-0.05, 0) is 43.0 Å². The Bertz CT molecular complexity index is 1380. The molecule has 40 heavy (non-hydrogen) atoms. The molecule has 0 spiro atoms. The fourth-order valence-corrected chi connectivity index (χ4v) is 6.81. The van der Waals surface area contributed by atoms with E-state index in [1.165, 1.54) is 18.3 Å². The van der Waals surface area contributed by atoms with Crippen molar-refractivity contribution in [3.05, 3.63) is 66.5 Å². The highest BCUT2D eigenvalue weighted by molar-refractivity contribution is 7.92. The van der Waals surface area contributed by atoms with E-state index in [1.807, 2.05) is 30.3 Å². The van der Waals surface area contributed by atoms with E-state index in [1.54, 1.807) is 12.3 Å². The number of carbonyl (C=O) groups is 1. The molecular formula is C29H35N3O7S. The van der Waals surface area contributed by atoms with Crippen LogP contribution in [0.2, 0.25) is 0 Å². The van der Waals surface area contributed by atoms with Gasteiger partial charge in [0, 0.05) is 25.2 Å². The van der Waals surface area contributed by atoms with Gasteiger partial charge in [-0.15, -0.1) is 0 Å². The van der Waals surface area contributed by atoms with E-state index in [2.05, 4.69) is 15.3 Å². The van der Waals surface area contributed by atoms with E-state index in [-0.39, 0.29) is 29.9 Å². The van der Waals surface area contributed by atoms with Crippen molar-refractivity contribution in [2.45, 2.75) is 79.6 Å². The van der Waals surface area contributed by atoms with Crippen molar-refractivity contribution in [2.24, 2.45) is 0 Å². The van der Waals surface area contributed by atoms with Crippen molar-refractivity contribution in [3.8, 4) is 0 Å². The lowest BCUT2D eigenvalue weighted by atomic mass is 9.99. The number of carbonyl (C=O) groups excluding carboxylic acids is 1. The van der Waals surface area contributed by atoms with Crippen LogP contribution in [0.15, 0.2) is 65.8 Å². The smallest absolute Gasteiger partial charge is 0.407 e. The Morgan fingerprint density at radius 3 is 2.50 bits per heavy atom. The van der Waals surface area contributed by atoms with E-state index in [9.17, 15) is 18.3 Å². The molecule has 214 valence electrons. The van der Waals surface area contributed by atoms with Gasteiger partial charge in [0.05, 0.1) is 47.4 Å². The maximum Gasteiger partial charge on any atom is 0.407 e. The van der Waals surface area contributed by atoms with Crippen LogP contribution in [0.3, 0.4) is 0 Å². The summed E-state index contributed by atoms with van der Waals surface area (Å²) in [5.41, 5.74) is 0.582. The molecule has 1 saturated heterocycles. The van der Waals surface area contributed by atoms with Crippen LogP contribution in [0, 0.1) is 0 Å². The minimum atomic E-state index is -4.04. The molecule has 0 radical (unpaired) electrons. The van der Waals surface area contributed by atoms with Gasteiger partial charge < -0.3 is 24.6 Å². The fraction of sp³-hybridized carbons (Fsp3) is 0.483. The highest BCUT2D eigenvalue weighted by atomic mass is 32.2. The Kier molecular flexibility index (Phi) is 9.25. The Morgan fingerprint density at radius 2 is 1.77 bits per heavy atom. The second-order valence-electron chi connectivity index (χ2n) is 10.4. The van der Waals surface area contributed by atoms with Crippen LogP contribution in [-0.4, -0.2) is 72.6 Å². The molecule has 11 heteroatoms. The second-order valence-corrected chi connectivity index (χ2v) is 12.4. The zero-order chi connectivity index (χ0) is 28.0. The predicted molar refractivity (Wildman–Crippen MR) is 147 cm³/mol. The highest BCUT2D eigenvalue weighted by Gasteiger charge is 2.37. The van der Waals surface area contributed by atoms with Crippen LogP contribution >= 0.6 is 0 Å². The topological polar surface area (TPSA) is 137 Å². The Hall–Kier alpha value is -3.12. The molecule has 0 bridgehead atoms. The Balaban J connectivity index is 1.38. The molecule has 4 atom stereocenters. The van der Waals surface area contributed by atoms with Crippen LogP contribution in [-0.2, 0) is 30.5 Å². The number of hydrogen-bond acceptors (Lipinski definition) is 9. The number of amides is 1. The normalized spacial score (nSPS) is 20.3. The van der Waals surface area contributed by atoms with Crippen LogP contribution in [0.5, 0.6) is 0 Å². The standard InChI is InChI=1S/C29H35N3O7S/c33-27(26(16-20-6-2-1-3-7-20)32-29(34)39-22-12-15-37-19-22)18-28(38-21-8-4-5-9-21)40(35,36)23-10-11-24-25(17-23)31-14-13-30-24/h1-3,6-7,10-11,13-14,17,21-22,26-28,33H,4-5,8-9,12,15-16,18-19H2,(H,32,34)/t22-,26-,27-,28?/m0/s1. The van der Waals surface area contributed by atoms with Gasteiger partial charge in [-0.2, -0.15) is 0 Å². The van der Waals surface area contributed by atoms with Gasteiger partial charge in [0.2, 0.25) is 9.84 Å². The molecular weight excluding hydrogens is 534 g/mol. The van der Waals surface area contributed by atoms with Crippen molar-refractivity contribution in [2.75, 3.05) is 13.2 Å². The summed E-state index contributed by atoms with van der Waals surface area (Å²) in [4.78, 5) is 21.3. The van der Waals surface area contributed by atoms with Gasteiger partial charge >= 0.3 is 6.09 Å². The van der Waals surface area contributed by atoms with Crippen molar-refractivity contribution in [1.29, 1.82) is 0 Å². The average molecular weight is 570 g/mol. The molecule has 1 aliphatic heterocycles. The third-order valence-corrected chi connectivity index (χ3v) is 9.33. The molecule has 1 aliphatic carbocycles. The number of fused-ring (bicyclic) bond motifs is 1. The van der Waals surface area contributed by atoms with Gasteiger partial charge in [0.15, 0.2) is 5.44 Å². The maximum atomic E-state index is 13.9. The number of alkyl carbamates (subject to hydrolysis) is 1. The van der Waals surface area contributed by atoms with Crippen LogP contribution in [0.1, 0.15) is 44.1 Å². The largest absolute Gasteiger partial charge is 0.444 e. The molecule has 5 rings (SSSR count). The molecule has 2 heterocycles. The lowest BCUT2D eigenvalue weighted by Crippen LogP contribution is -2.48. The summed E-state index contributed by atoms with van der Waals surface area (Å²) in [6, 6.07) is 13.2. The van der Waals surface area contributed by atoms with Crippen molar-refractivity contribution < 1.29 is 32.5 Å². The lowest BCUT2D eigenvalue weighted by molar-refractivity contribution is -0.000905. The first-order valence-electron chi connectivity index (χ1n) is 13.8. The Morgan fingerprint density at radius 1 is 1.02 bits per heavy atom. The van der Waals surface area contributed by atoms with Crippen molar-refractivity contribution in [3.63, 3.8) is 0 Å². The molecule has 1 unspecified atom stereocenters. The van der Waals surface area contributed by atoms with Gasteiger partial charge in [0.1, 0.15) is 6.10 Å². The number of benzene rings is 2. The number of rotatable bonds is 11. The van der Waals surface area contributed by atoms with Gasteiger partial charge in [0.25, 0.3) is 0 Å². The van der Waals surface area contributed by atoms with E-state index in [4.69, 9.17) is 14.2 Å².